The van der Waals surface area contributed by atoms with Gasteiger partial charge in [-0.05, 0) is 12.1 Å². The monoisotopic (exact) mass is 363 g/mol. The van der Waals surface area contributed by atoms with E-state index in [1.54, 1.807) is 0 Å². The second-order valence-electron chi connectivity index (χ2n) is 4.68. The molecule has 0 spiro atoms. The van der Waals surface area contributed by atoms with Crippen LogP contribution in [-0.4, -0.2) is 47.8 Å². The van der Waals surface area contributed by atoms with Gasteiger partial charge in [0.2, 0.25) is 0 Å². The Balaban J connectivity index is 0.00000242. The molecule has 1 aliphatic rings. The zero-order valence-electron chi connectivity index (χ0n) is 13.0. The van der Waals surface area contributed by atoms with E-state index >= 15 is 0 Å². The first-order valence-electron chi connectivity index (χ1n) is 6.34. The standard InChI is InChI=1S/C12H18NO7P.2Na/c14-11-9(6-13-8-4-2-1-3-5-8)20-10(12(11)15)7-19-21(16,17)18;;/h1-5,9-15H,6-7H2,(H2,16,17,18);;/q;2*+1/p-2/t9-,10-,11+,12-;;/m1../s1. The molecule has 0 aromatic heterocycles. The topological polar surface area (TPSA) is 134 Å². The average molecular weight is 363 g/mol. The van der Waals surface area contributed by atoms with Gasteiger partial charge in [0.25, 0.3) is 0 Å². The fourth-order valence-corrected chi connectivity index (χ4v) is 2.40. The number of anilines is 1. The number of aliphatic hydroxyl groups is 2. The van der Waals surface area contributed by atoms with Gasteiger partial charge in [-0.15, -0.1) is 0 Å². The molecule has 0 unspecified atom stereocenters. The summed E-state index contributed by atoms with van der Waals surface area (Å²) in [4.78, 5) is 20.8. The van der Waals surface area contributed by atoms with Crippen LogP contribution in [0.5, 0.6) is 0 Å². The smallest absolute Gasteiger partial charge is 0.790 e. The van der Waals surface area contributed by atoms with Gasteiger partial charge in [0.05, 0.1) is 14.4 Å². The van der Waals surface area contributed by atoms with Crippen LogP contribution in [0.25, 0.3) is 0 Å². The predicted octanol–water partition coefficient (Wildman–Crippen LogP) is -7.56. The molecule has 3 N–H and O–H groups in total. The fourth-order valence-electron chi connectivity index (χ4n) is 2.07. The maximum absolute atomic E-state index is 10.4. The summed E-state index contributed by atoms with van der Waals surface area (Å²) in [6.45, 7) is -0.407. The Morgan fingerprint density at radius 1 is 1.13 bits per heavy atom. The number of rotatable bonds is 6. The summed E-state index contributed by atoms with van der Waals surface area (Å²) in [5.41, 5.74) is 0.811. The zero-order chi connectivity index (χ0) is 15.5. The van der Waals surface area contributed by atoms with Crippen LogP contribution in [0.3, 0.4) is 0 Å². The molecule has 0 amide bonds. The first kappa shape index (κ1) is 24.0. The predicted molar refractivity (Wildman–Crippen MR) is 69.2 cm³/mol. The Kier molecular flexibility index (Phi) is 11.4. The number of ether oxygens (including phenoxy) is 1. The molecule has 1 heterocycles. The number of para-hydroxylation sites is 1. The third-order valence-electron chi connectivity index (χ3n) is 3.14. The minimum Gasteiger partial charge on any atom is -0.790 e. The summed E-state index contributed by atoms with van der Waals surface area (Å²) >= 11 is 0. The van der Waals surface area contributed by atoms with Crippen molar-refractivity contribution in [3.63, 3.8) is 0 Å². The molecule has 0 radical (unpaired) electrons. The molecule has 23 heavy (non-hydrogen) atoms. The zero-order valence-corrected chi connectivity index (χ0v) is 17.9. The van der Waals surface area contributed by atoms with Gasteiger partial charge in [0, 0.05) is 12.2 Å². The van der Waals surface area contributed by atoms with E-state index in [4.69, 9.17) is 4.74 Å². The van der Waals surface area contributed by atoms with E-state index in [1.807, 2.05) is 30.3 Å². The van der Waals surface area contributed by atoms with Crippen molar-refractivity contribution in [1.82, 2.24) is 0 Å². The van der Waals surface area contributed by atoms with Crippen molar-refractivity contribution in [2.24, 2.45) is 0 Å². The number of nitrogens with one attached hydrogen (secondary N) is 1. The van der Waals surface area contributed by atoms with Crippen LogP contribution >= 0.6 is 7.82 Å². The van der Waals surface area contributed by atoms with Crippen LogP contribution < -0.4 is 74.2 Å². The van der Waals surface area contributed by atoms with Crippen molar-refractivity contribution in [2.75, 3.05) is 18.5 Å². The van der Waals surface area contributed by atoms with Crippen molar-refractivity contribution < 1.29 is 92.9 Å². The van der Waals surface area contributed by atoms with E-state index in [9.17, 15) is 24.6 Å². The molecule has 1 aromatic carbocycles. The number of phosphoric ester groups is 1. The van der Waals surface area contributed by atoms with Gasteiger partial charge in [0.15, 0.2) is 0 Å². The van der Waals surface area contributed by atoms with Crippen LogP contribution in [0, 0.1) is 0 Å². The van der Waals surface area contributed by atoms with E-state index in [-0.39, 0.29) is 65.7 Å². The molecule has 118 valence electrons. The molecule has 1 aromatic rings. The second-order valence-corrected chi connectivity index (χ2v) is 5.84. The van der Waals surface area contributed by atoms with E-state index in [1.165, 1.54) is 0 Å². The summed E-state index contributed by atoms with van der Waals surface area (Å²) in [6.07, 6.45) is -4.34. The maximum atomic E-state index is 10.4. The quantitative estimate of drug-likeness (QED) is 0.335. The third-order valence-corrected chi connectivity index (χ3v) is 3.60. The fraction of sp³-hybridized carbons (Fsp3) is 0.500. The summed E-state index contributed by atoms with van der Waals surface area (Å²) < 4.78 is 19.8. The molecule has 0 bridgehead atoms. The minimum atomic E-state index is -5.14. The Hall–Kier alpha value is 1.01. The molecule has 11 heteroatoms. The van der Waals surface area contributed by atoms with Gasteiger partial charge in [-0.3, -0.25) is 0 Å². The number of benzene rings is 1. The van der Waals surface area contributed by atoms with Crippen molar-refractivity contribution in [3.8, 4) is 0 Å². The number of phosphoric acid groups is 1. The van der Waals surface area contributed by atoms with Gasteiger partial charge >= 0.3 is 59.1 Å². The van der Waals surface area contributed by atoms with Gasteiger partial charge < -0.3 is 39.1 Å². The van der Waals surface area contributed by atoms with E-state index in [2.05, 4.69) is 9.84 Å². The molecule has 1 fully saturated rings. The second kappa shape index (κ2) is 10.9. The Morgan fingerprint density at radius 2 is 1.70 bits per heavy atom. The normalized spacial score (nSPS) is 27.0. The van der Waals surface area contributed by atoms with Gasteiger partial charge in [-0.2, -0.15) is 0 Å². The SMILES string of the molecule is O=P([O-])([O-])OC[C@H]1O[C@H](CNc2ccccc2)[C@H](O)[C@@H]1O.[Na+].[Na+]. The molecule has 4 atom stereocenters. The van der Waals surface area contributed by atoms with E-state index in [0.29, 0.717) is 0 Å². The molecular formula is C12H16NNa2O7P. The molecule has 8 nitrogen and oxygen atoms in total. The first-order valence-corrected chi connectivity index (χ1v) is 7.80. The number of aliphatic hydroxyl groups excluding tert-OH is 2. The molecule has 1 saturated heterocycles. The molecular weight excluding hydrogens is 347 g/mol. The van der Waals surface area contributed by atoms with Gasteiger partial charge in [0.1, 0.15) is 24.4 Å². The molecule has 0 saturated carbocycles. The summed E-state index contributed by atoms with van der Waals surface area (Å²) in [5.74, 6) is 0. The third kappa shape index (κ3) is 7.83. The summed E-state index contributed by atoms with van der Waals surface area (Å²) in [6, 6.07) is 9.17. The van der Waals surface area contributed by atoms with Crippen LogP contribution in [0.1, 0.15) is 0 Å². The number of hydrogen-bond acceptors (Lipinski definition) is 8. The van der Waals surface area contributed by atoms with Crippen molar-refractivity contribution in [1.29, 1.82) is 0 Å². The van der Waals surface area contributed by atoms with Crippen molar-refractivity contribution in [3.05, 3.63) is 30.3 Å². The average Bonchev–Trinajstić information content (AvgIpc) is 2.71. The maximum Gasteiger partial charge on any atom is 1.00 e. The summed E-state index contributed by atoms with van der Waals surface area (Å²) in [5, 5.41) is 22.6. The minimum absolute atomic E-state index is 0. The van der Waals surface area contributed by atoms with Crippen LogP contribution in [0.15, 0.2) is 30.3 Å². The van der Waals surface area contributed by atoms with E-state index < -0.39 is 38.8 Å². The molecule has 1 aliphatic heterocycles. The summed E-state index contributed by atoms with van der Waals surface area (Å²) in [7, 11) is -5.14. The molecule has 0 aliphatic carbocycles. The largest absolute Gasteiger partial charge is 1.00 e. The Morgan fingerprint density at radius 3 is 2.26 bits per heavy atom. The number of hydrogen-bond donors (Lipinski definition) is 3. The van der Waals surface area contributed by atoms with Gasteiger partial charge in [-0.25, -0.2) is 0 Å². The Labute approximate surface area is 178 Å². The van der Waals surface area contributed by atoms with Gasteiger partial charge in [-0.1, -0.05) is 18.2 Å². The van der Waals surface area contributed by atoms with Crippen LogP contribution in [0.2, 0.25) is 0 Å². The van der Waals surface area contributed by atoms with Crippen molar-refractivity contribution >= 4 is 13.5 Å². The van der Waals surface area contributed by atoms with Crippen LogP contribution in [-0.2, 0) is 13.8 Å². The van der Waals surface area contributed by atoms with Crippen molar-refractivity contribution in [2.45, 2.75) is 24.4 Å². The van der Waals surface area contributed by atoms with Crippen LogP contribution in [0.4, 0.5) is 5.69 Å². The first-order chi connectivity index (χ1) is 9.87. The van der Waals surface area contributed by atoms with E-state index in [0.717, 1.165) is 5.69 Å². The molecule has 2 rings (SSSR count). The Bertz CT molecular complexity index is 503.